The molecule has 0 aliphatic carbocycles. The summed E-state index contributed by atoms with van der Waals surface area (Å²) in [5.41, 5.74) is 7.87. The molecule has 4 N–H and O–H groups in total. The van der Waals surface area contributed by atoms with Crippen LogP contribution in [0.2, 0.25) is 0 Å². The highest BCUT2D eigenvalue weighted by atomic mass is 16.5. The predicted octanol–water partition coefficient (Wildman–Crippen LogP) is 2.00. The summed E-state index contributed by atoms with van der Waals surface area (Å²) in [6.07, 6.45) is 1.83. The monoisotopic (exact) mass is 277 g/mol. The molecule has 0 spiro atoms. The Balaban J connectivity index is 2.24. The van der Waals surface area contributed by atoms with Gasteiger partial charge in [0.05, 0.1) is 5.56 Å². The van der Waals surface area contributed by atoms with Crippen molar-refractivity contribution in [3.05, 3.63) is 23.8 Å². The third kappa shape index (κ3) is 3.42. The number of nitrogens with one attached hydrogen (secondary N) is 2. The number of hydrogen-bond donors (Lipinski definition) is 3. The highest BCUT2D eigenvalue weighted by Crippen LogP contribution is 2.28. The Labute approximate surface area is 119 Å². The van der Waals surface area contributed by atoms with Crippen molar-refractivity contribution < 1.29 is 9.53 Å². The van der Waals surface area contributed by atoms with E-state index in [0.29, 0.717) is 17.8 Å². The third-order valence-corrected chi connectivity index (χ3v) is 3.66. The van der Waals surface area contributed by atoms with Crippen LogP contribution < -0.4 is 16.4 Å². The standard InChI is InChI=1S/C15H23N3O2/c1-3-17-14(19)12-5-4-11(16)10-13(12)18-15(2)6-8-20-9-7-15/h4-5,10,18H,3,6-9,16H2,1-2H3,(H,17,19). The van der Waals surface area contributed by atoms with E-state index in [2.05, 4.69) is 17.6 Å². The fraction of sp³-hybridized carbons (Fsp3) is 0.533. The molecule has 0 saturated carbocycles. The van der Waals surface area contributed by atoms with Crippen molar-refractivity contribution in [2.45, 2.75) is 32.2 Å². The second-order valence-corrected chi connectivity index (χ2v) is 5.46. The van der Waals surface area contributed by atoms with E-state index in [1.165, 1.54) is 0 Å². The molecule has 1 aromatic carbocycles. The summed E-state index contributed by atoms with van der Waals surface area (Å²) in [5, 5.41) is 6.31. The average Bonchev–Trinajstić information content (AvgIpc) is 2.39. The lowest BCUT2D eigenvalue weighted by molar-refractivity contribution is 0.0658. The van der Waals surface area contributed by atoms with Crippen molar-refractivity contribution in [2.24, 2.45) is 0 Å². The lowest BCUT2D eigenvalue weighted by Crippen LogP contribution is -2.41. The minimum absolute atomic E-state index is 0.0622. The molecule has 5 heteroatoms. The summed E-state index contributed by atoms with van der Waals surface area (Å²) in [4.78, 5) is 12.1. The van der Waals surface area contributed by atoms with Gasteiger partial charge in [-0.2, -0.15) is 0 Å². The molecule has 1 aliphatic heterocycles. The lowest BCUT2D eigenvalue weighted by atomic mass is 9.91. The number of carbonyl (C=O) groups excluding carboxylic acids is 1. The molecule has 0 unspecified atom stereocenters. The topological polar surface area (TPSA) is 76.4 Å². The number of amides is 1. The van der Waals surface area contributed by atoms with E-state index in [-0.39, 0.29) is 11.4 Å². The minimum atomic E-state index is -0.0781. The van der Waals surface area contributed by atoms with Gasteiger partial charge in [0.25, 0.3) is 5.91 Å². The van der Waals surface area contributed by atoms with Crippen molar-refractivity contribution in [3.8, 4) is 0 Å². The molecule has 1 fully saturated rings. The van der Waals surface area contributed by atoms with Crippen LogP contribution in [0.15, 0.2) is 18.2 Å². The van der Waals surface area contributed by atoms with Crippen LogP contribution in [0.3, 0.4) is 0 Å². The lowest BCUT2D eigenvalue weighted by Gasteiger charge is -2.36. The first-order valence-electron chi connectivity index (χ1n) is 7.08. The van der Waals surface area contributed by atoms with Gasteiger partial charge in [0, 0.05) is 36.7 Å². The fourth-order valence-corrected chi connectivity index (χ4v) is 2.39. The number of nitrogen functional groups attached to an aromatic ring is 1. The summed E-state index contributed by atoms with van der Waals surface area (Å²) >= 11 is 0. The van der Waals surface area contributed by atoms with Crippen molar-refractivity contribution >= 4 is 17.3 Å². The molecule has 0 bridgehead atoms. The van der Waals surface area contributed by atoms with Crippen molar-refractivity contribution in [2.75, 3.05) is 30.8 Å². The van der Waals surface area contributed by atoms with Crippen LogP contribution in [-0.4, -0.2) is 31.2 Å². The summed E-state index contributed by atoms with van der Waals surface area (Å²) in [6, 6.07) is 5.35. The summed E-state index contributed by atoms with van der Waals surface area (Å²) in [6.45, 7) is 6.14. The molecule has 0 atom stereocenters. The van der Waals surface area contributed by atoms with Gasteiger partial charge in [-0.05, 0) is 44.9 Å². The maximum Gasteiger partial charge on any atom is 0.253 e. The highest BCUT2D eigenvalue weighted by molar-refractivity contribution is 6.00. The highest BCUT2D eigenvalue weighted by Gasteiger charge is 2.28. The van der Waals surface area contributed by atoms with Crippen LogP contribution in [0.5, 0.6) is 0 Å². The zero-order valence-electron chi connectivity index (χ0n) is 12.2. The van der Waals surface area contributed by atoms with E-state index < -0.39 is 0 Å². The fourth-order valence-electron chi connectivity index (χ4n) is 2.39. The van der Waals surface area contributed by atoms with Crippen LogP contribution in [-0.2, 0) is 4.74 Å². The Morgan fingerprint density at radius 1 is 1.40 bits per heavy atom. The zero-order valence-corrected chi connectivity index (χ0v) is 12.2. The van der Waals surface area contributed by atoms with E-state index in [1.54, 1.807) is 12.1 Å². The number of hydrogen-bond acceptors (Lipinski definition) is 4. The maximum absolute atomic E-state index is 12.1. The Hall–Kier alpha value is -1.75. The number of carbonyl (C=O) groups is 1. The molecule has 0 radical (unpaired) electrons. The van der Waals surface area contributed by atoms with Gasteiger partial charge >= 0.3 is 0 Å². The molecule has 5 nitrogen and oxygen atoms in total. The number of anilines is 2. The molecular weight excluding hydrogens is 254 g/mol. The molecule has 0 aromatic heterocycles. The van der Waals surface area contributed by atoms with Gasteiger partial charge < -0.3 is 21.1 Å². The zero-order chi connectivity index (χ0) is 14.6. The van der Waals surface area contributed by atoms with E-state index in [1.807, 2.05) is 13.0 Å². The van der Waals surface area contributed by atoms with Crippen LogP contribution >= 0.6 is 0 Å². The largest absolute Gasteiger partial charge is 0.399 e. The Kier molecular flexibility index (Phi) is 4.49. The Morgan fingerprint density at radius 3 is 2.75 bits per heavy atom. The molecule has 110 valence electrons. The number of benzene rings is 1. The van der Waals surface area contributed by atoms with E-state index in [0.717, 1.165) is 31.7 Å². The summed E-state index contributed by atoms with van der Waals surface area (Å²) in [5.74, 6) is -0.0781. The molecule has 2 rings (SSSR count). The Bertz CT molecular complexity index is 482. The average molecular weight is 277 g/mol. The Morgan fingerprint density at radius 2 is 2.10 bits per heavy atom. The predicted molar refractivity (Wildman–Crippen MR) is 80.9 cm³/mol. The number of ether oxygens (including phenoxy) is 1. The van der Waals surface area contributed by atoms with Gasteiger partial charge in [0.15, 0.2) is 0 Å². The molecule has 1 heterocycles. The summed E-state index contributed by atoms with van der Waals surface area (Å²) in [7, 11) is 0. The van der Waals surface area contributed by atoms with Gasteiger partial charge in [-0.15, -0.1) is 0 Å². The smallest absolute Gasteiger partial charge is 0.253 e. The molecule has 20 heavy (non-hydrogen) atoms. The van der Waals surface area contributed by atoms with E-state index in [4.69, 9.17) is 10.5 Å². The van der Waals surface area contributed by atoms with Gasteiger partial charge in [0.1, 0.15) is 0 Å². The number of nitrogens with two attached hydrogens (primary N) is 1. The van der Waals surface area contributed by atoms with E-state index in [9.17, 15) is 4.79 Å². The maximum atomic E-state index is 12.1. The quantitative estimate of drug-likeness (QED) is 0.736. The van der Waals surface area contributed by atoms with Crippen molar-refractivity contribution in [1.82, 2.24) is 5.32 Å². The molecule has 1 saturated heterocycles. The first-order valence-corrected chi connectivity index (χ1v) is 7.08. The van der Waals surface area contributed by atoms with Crippen molar-refractivity contribution in [1.29, 1.82) is 0 Å². The first kappa shape index (κ1) is 14.7. The van der Waals surface area contributed by atoms with Gasteiger partial charge in [-0.1, -0.05) is 0 Å². The molecule has 1 aliphatic rings. The van der Waals surface area contributed by atoms with Crippen molar-refractivity contribution in [3.63, 3.8) is 0 Å². The summed E-state index contributed by atoms with van der Waals surface area (Å²) < 4.78 is 5.40. The van der Waals surface area contributed by atoms with Gasteiger partial charge in [0.2, 0.25) is 0 Å². The van der Waals surface area contributed by atoms with Crippen LogP contribution in [0.25, 0.3) is 0 Å². The normalized spacial score (nSPS) is 17.5. The first-order chi connectivity index (χ1) is 9.54. The third-order valence-electron chi connectivity index (χ3n) is 3.66. The molecular formula is C15H23N3O2. The number of rotatable bonds is 4. The molecule has 1 aromatic rings. The van der Waals surface area contributed by atoms with Gasteiger partial charge in [-0.25, -0.2) is 0 Å². The van der Waals surface area contributed by atoms with Crippen LogP contribution in [0.1, 0.15) is 37.0 Å². The SMILES string of the molecule is CCNC(=O)c1ccc(N)cc1NC1(C)CCOCC1. The van der Waals surface area contributed by atoms with E-state index >= 15 is 0 Å². The van der Waals surface area contributed by atoms with Gasteiger partial charge in [-0.3, -0.25) is 4.79 Å². The van der Waals surface area contributed by atoms with Crippen LogP contribution in [0.4, 0.5) is 11.4 Å². The molecule has 1 amide bonds. The van der Waals surface area contributed by atoms with Crippen LogP contribution in [0, 0.1) is 0 Å². The second-order valence-electron chi connectivity index (χ2n) is 5.46. The minimum Gasteiger partial charge on any atom is -0.399 e. The second kappa shape index (κ2) is 6.13.